The number of carbonyl (C=O) groups is 1. The van der Waals surface area contributed by atoms with Gasteiger partial charge in [-0.15, -0.1) is 24.0 Å². The van der Waals surface area contributed by atoms with Crippen LogP contribution in [0.2, 0.25) is 0 Å². The van der Waals surface area contributed by atoms with Gasteiger partial charge in [-0.05, 0) is 36.8 Å². The van der Waals surface area contributed by atoms with Crippen LogP contribution in [0.4, 0.5) is 5.69 Å². The first-order chi connectivity index (χ1) is 12.0. The molecule has 1 aromatic carbocycles. The Morgan fingerprint density at radius 3 is 2.69 bits per heavy atom. The number of hydrogen-bond acceptors (Lipinski definition) is 3. The van der Waals surface area contributed by atoms with Crippen LogP contribution in [0.25, 0.3) is 0 Å². The van der Waals surface area contributed by atoms with Crippen molar-refractivity contribution in [1.82, 2.24) is 20.4 Å². The highest BCUT2D eigenvalue weighted by molar-refractivity contribution is 14.0. The molecule has 142 valence electrons. The van der Waals surface area contributed by atoms with Gasteiger partial charge in [-0.2, -0.15) is 5.10 Å². The molecule has 0 atom stereocenters. The summed E-state index contributed by atoms with van der Waals surface area (Å²) in [4.78, 5) is 16.2. The molecule has 3 N–H and O–H groups in total. The summed E-state index contributed by atoms with van der Waals surface area (Å²) in [5, 5.41) is 13.4. The predicted octanol–water partition coefficient (Wildman–Crippen LogP) is 2.80. The van der Waals surface area contributed by atoms with Crippen LogP contribution in [0.5, 0.6) is 0 Å². The molecule has 0 unspecified atom stereocenters. The van der Waals surface area contributed by atoms with Crippen molar-refractivity contribution in [3.8, 4) is 0 Å². The number of aryl methyl sites for hydroxylation is 2. The van der Waals surface area contributed by atoms with Gasteiger partial charge in [0.2, 0.25) is 5.91 Å². The van der Waals surface area contributed by atoms with Crippen LogP contribution in [0.3, 0.4) is 0 Å². The third-order valence-corrected chi connectivity index (χ3v) is 4.18. The molecule has 1 heterocycles. The van der Waals surface area contributed by atoms with Crippen molar-refractivity contribution < 1.29 is 4.79 Å². The molecule has 0 radical (unpaired) electrons. The number of aromatic nitrogens is 2. The highest BCUT2D eigenvalue weighted by Gasteiger charge is 2.06. The van der Waals surface area contributed by atoms with Gasteiger partial charge in [0, 0.05) is 43.4 Å². The van der Waals surface area contributed by atoms with Crippen LogP contribution in [-0.4, -0.2) is 35.2 Å². The Morgan fingerprint density at radius 1 is 1.31 bits per heavy atom. The van der Waals surface area contributed by atoms with Crippen LogP contribution in [0.1, 0.15) is 17.7 Å². The molecule has 2 rings (SSSR count). The maximum Gasteiger partial charge on any atom is 0.226 e. The van der Waals surface area contributed by atoms with Crippen molar-refractivity contribution in [2.75, 3.05) is 18.9 Å². The second kappa shape index (κ2) is 11.2. The van der Waals surface area contributed by atoms with E-state index >= 15 is 0 Å². The Hall–Kier alpha value is -1.62. The van der Waals surface area contributed by atoms with E-state index < -0.39 is 0 Å². The number of carbonyl (C=O) groups excluding carboxylic acids is 1. The minimum atomic E-state index is -0.0417. The van der Waals surface area contributed by atoms with Crippen LogP contribution in [0.15, 0.2) is 39.9 Å². The molecule has 0 aliphatic heterocycles. The summed E-state index contributed by atoms with van der Waals surface area (Å²) >= 11 is 3.41. The molecule has 0 aliphatic carbocycles. The lowest BCUT2D eigenvalue weighted by atomic mass is 10.2. The summed E-state index contributed by atoms with van der Waals surface area (Å²) in [5.41, 5.74) is 2.89. The molecule has 0 fully saturated rings. The van der Waals surface area contributed by atoms with Gasteiger partial charge in [-0.25, -0.2) is 0 Å². The van der Waals surface area contributed by atoms with E-state index in [0.717, 1.165) is 21.4 Å². The fraction of sp³-hybridized carbons (Fsp3) is 0.353. The van der Waals surface area contributed by atoms with Crippen molar-refractivity contribution in [1.29, 1.82) is 0 Å². The number of halogens is 2. The Kier molecular flexibility index (Phi) is 9.63. The smallest absolute Gasteiger partial charge is 0.226 e. The van der Waals surface area contributed by atoms with E-state index in [1.807, 2.05) is 38.2 Å². The largest absolute Gasteiger partial charge is 0.356 e. The van der Waals surface area contributed by atoms with Crippen LogP contribution in [0, 0.1) is 6.92 Å². The number of rotatable bonds is 6. The summed E-state index contributed by atoms with van der Waals surface area (Å²) in [6.07, 6.45) is 2.10. The molecule has 0 spiro atoms. The van der Waals surface area contributed by atoms with Gasteiger partial charge < -0.3 is 16.0 Å². The fourth-order valence-electron chi connectivity index (χ4n) is 2.24. The van der Waals surface area contributed by atoms with E-state index in [1.165, 1.54) is 0 Å². The van der Waals surface area contributed by atoms with Crippen LogP contribution < -0.4 is 16.0 Å². The van der Waals surface area contributed by atoms with E-state index in [-0.39, 0.29) is 29.9 Å². The minimum Gasteiger partial charge on any atom is -0.356 e. The van der Waals surface area contributed by atoms with Crippen molar-refractivity contribution in [3.05, 3.63) is 46.2 Å². The van der Waals surface area contributed by atoms with Crippen LogP contribution >= 0.6 is 39.9 Å². The predicted molar refractivity (Wildman–Crippen MR) is 119 cm³/mol. The topological polar surface area (TPSA) is 83.3 Å². The summed E-state index contributed by atoms with van der Waals surface area (Å²) in [6.45, 7) is 3.07. The number of anilines is 1. The Labute approximate surface area is 179 Å². The SMILES string of the molecule is CN=C(NCCC(=O)Nc1ccc(Br)cc1C)NCc1ccnn1C.I. The van der Waals surface area contributed by atoms with Gasteiger partial charge in [0.25, 0.3) is 0 Å². The molecule has 7 nitrogen and oxygen atoms in total. The van der Waals surface area contributed by atoms with E-state index in [4.69, 9.17) is 0 Å². The lowest BCUT2D eigenvalue weighted by molar-refractivity contribution is -0.116. The van der Waals surface area contributed by atoms with Crippen LogP contribution in [-0.2, 0) is 18.4 Å². The Balaban J connectivity index is 0.00000338. The maximum atomic E-state index is 12.1. The zero-order valence-electron chi connectivity index (χ0n) is 15.0. The van der Waals surface area contributed by atoms with Crippen molar-refractivity contribution in [2.24, 2.45) is 12.0 Å². The number of nitrogens with one attached hydrogen (secondary N) is 3. The molecule has 0 saturated heterocycles. The zero-order chi connectivity index (χ0) is 18.2. The number of amides is 1. The first kappa shape index (κ1) is 22.4. The van der Waals surface area contributed by atoms with Gasteiger partial charge in [-0.3, -0.25) is 14.5 Å². The molecular weight excluding hydrogens is 511 g/mol. The average Bonchev–Trinajstić information content (AvgIpc) is 2.98. The van der Waals surface area contributed by atoms with E-state index in [1.54, 1.807) is 17.9 Å². The second-order valence-corrected chi connectivity index (χ2v) is 6.47. The average molecular weight is 535 g/mol. The number of hydrogen-bond donors (Lipinski definition) is 3. The van der Waals surface area contributed by atoms with Crippen molar-refractivity contribution >= 4 is 57.5 Å². The van der Waals surface area contributed by atoms with E-state index in [2.05, 4.69) is 42.0 Å². The second-order valence-electron chi connectivity index (χ2n) is 5.56. The minimum absolute atomic E-state index is 0. The first-order valence-corrected chi connectivity index (χ1v) is 8.76. The van der Waals surface area contributed by atoms with Gasteiger partial charge in [-0.1, -0.05) is 15.9 Å². The third-order valence-electron chi connectivity index (χ3n) is 3.69. The number of guanidine groups is 1. The Bertz CT molecular complexity index is 761. The lowest BCUT2D eigenvalue weighted by Gasteiger charge is -2.12. The normalized spacial score (nSPS) is 10.8. The van der Waals surface area contributed by atoms with Gasteiger partial charge in [0.1, 0.15) is 0 Å². The quantitative estimate of drug-likeness (QED) is 0.302. The molecule has 1 amide bonds. The molecule has 0 bridgehead atoms. The monoisotopic (exact) mass is 534 g/mol. The molecular formula is C17H24BrIN6O. The Morgan fingerprint density at radius 2 is 2.08 bits per heavy atom. The standard InChI is InChI=1S/C17H23BrN6O.HI/c1-12-10-13(18)4-5-15(12)23-16(25)7-8-20-17(19-2)21-11-14-6-9-22-24(14)3;/h4-6,9-10H,7-8,11H2,1-3H3,(H,23,25)(H2,19,20,21);1H. The summed E-state index contributed by atoms with van der Waals surface area (Å²) in [7, 11) is 3.59. The molecule has 1 aromatic heterocycles. The lowest BCUT2D eigenvalue weighted by Crippen LogP contribution is -2.38. The highest BCUT2D eigenvalue weighted by Crippen LogP contribution is 2.19. The maximum absolute atomic E-state index is 12.1. The van der Waals surface area contributed by atoms with Gasteiger partial charge in [0.15, 0.2) is 5.96 Å². The molecule has 9 heteroatoms. The van der Waals surface area contributed by atoms with Gasteiger partial charge in [0.05, 0.1) is 12.2 Å². The summed E-state index contributed by atoms with van der Waals surface area (Å²) in [6, 6.07) is 7.70. The number of benzene rings is 1. The molecule has 26 heavy (non-hydrogen) atoms. The fourth-order valence-corrected chi connectivity index (χ4v) is 2.72. The van der Waals surface area contributed by atoms with Gasteiger partial charge >= 0.3 is 0 Å². The third kappa shape index (κ3) is 6.94. The highest BCUT2D eigenvalue weighted by atomic mass is 127. The zero-order valence-corrected chi connectivity index (χ0v) is 19.0. The van der Waals surface area contributed by atoms with E-state index in [9.17, 15) is 4.79 Å². The molecule has 0 saturated carbocycles. The molecule has 2 aromatic rings. The number of nitrogens with zero attached hydrogens (tertiary/aromatic N) is 3. The number of aliphatic imine (C=N–C) groups is 1. The van der Waals surface area contributed by atoms with Crippen molar-refractivity contribution in [3.63, 3.8) is 0 Å². The summed E-state index contributed by atoms with van der Waals surface area (Å²) < 4.78 is 2.79. The van der Waals surface area contributed by atoms with E-state index in [0.29, 0.717) is 25.5 Å². The molecule has 0 aliphatic rings. The van der Waals surface area contributed by atoms with Crippen molar-refractivity contribution in [2.45, 2.75) is 19.9 Å². The first-order valence-electron chi connectivity index (χ1n) is 7.97. The summed E-state index contributed by atoms with van der Waals surface area (Å²) in [5.74, 6) is 0.605.